The monoisotopic (exact) mass is 540 g/mol. The highest BCUT2D eigenvalue weighted by Gasteiger charge is 2.24. The van der Waals surface area contributed by atoms with E-state index in [0.29, 0.717) is 48.1 Å². The Labute approximate surface area is 225 Å². The molecule has 0 aliphatic carbocycles. The number of hydrogen-bond acceptors (Lipinski definition) is 8. The molecule has 1 aromatic heterocycles. The minimum Gasteiger partial charge on any atom is -0.490 e. The molecule has 38 heavy (non-hydrogen) atoms. The van der Waals surface area contributed by atoms with Gasteiger partial charge >= 0.3 is 0 Å². The molecule has 12 heteroatoms. The van der Waals surface area contributed by atoms with Crippen LogP contribution in [0.2, 0.25) is 5.02 Å². The zero-order valence-corrected chi connectivity index (χ0v) is 21.7. The van der Waals surface area contributed by atoms with Crippen LogP contribution in [-0.4, -0.2) is 49.6 Å². The third-order valence-corrected chi connectivity index (χ3v) is 5.53. The molecule has 11 nitrogen and oxygen atoms in total. The summed E-state index contributed by atoms with van der Waals surface area (Å²) in [5.74, 6) is -0.297. The molecule has 0 radical (unpaired) electrons. The van der Waals surface area contributed by atoms with Crippen LogP contribution in [0.15, 0.2) is 60.9 Å². The Morgan fingerprint density at radius 2 is 1.82 bits per heavy atom. The number of amidine groups is 1. The molecule has 0 fully saturated rings. The van der Waals surface area contributed by atoms with E-state index >= 15 is 0 Å². The van der Waals surface area contributed by atoms with E-state index in [4.69, 9.17) is 37.0 Å². The molecule has 1 atom stereocenters. The van der Waals surface area contributed by atoms with Gasteiger partial charge in [0.1, 0.15) is 18.5 Å². The number of halogens is 1. The van der Waals surface area contributed by atoms with E-state index in [-0.39, 0.29) is 16.4 Å². The van der Waals surface area contributed by atoms with E-state index < -0.39 is 17.9 Å². The highest BCUT2D eigenvalue weighted by Crippen LogP contribution is 2.32. The van der Waals surface area contributed by atoms with Crippen molar-refractivity contribution in [2.75, 3.05) is 32.2 Å². The van der Waals surface area contributed by atoms with Gasteiger partial charge in [0.25, 0.3) is 11.8 Å². The average Bonchev–Trinajstić information content (AvgIpc) is 2.92. The third kappa shape index (κ3) is 7.58. The van der Waals surface area contributed by atoms with Crippen LogP contribution in [0.5, 0.6) is 11.5 Å². The number of amides is 2. The molecule has 3 aromatic rings. The molecule has 2 amide bonds. The number of pyridine rings is 1. The SMILES string of the molecule is CCOc1cc(C(Nc2ccc(C(=N)N)cc2)C(=O)NNC(=O)c2ccncc2Cl)ccc1OCCOC. The van der Waals surface area contributed by atoms with Crippen LogP contribution in [0.25, 0.3) is 0 Å². The van der Waals surface area contributed by atoms with Crippen LogP contribution >= 0.6 is 11.6 Å². The first-order valence-electron chi connectivity index (χ1n) is 11.6. The number of nitrogens with one attached hydrogen (secondary N) is 4. The van der Waals surface area contributed by atoms with Gasteiger partial charge < -0.3 is 25.3 Å². The van der Waals surface area contributed by atoms with Crippen molar-refractivity contribution in [3.63, 3.8) is 0 Å². The number of anilines is 1. The van der Waals surface area contributed by atoms with Crippen LogP contribution in [0.3, 0.4) is 0 Å². The van der Waals surface area contributed by atoms with Crippen LogP contribution in [0, 0.1) is 5.41 Å². The van der Waals surface area contributed by atoms with Crippen molar-refractivity contribution in [1.29, 1.82) is 5.41 Å². The number of nitrogens with two attached hydrogens (primary N) is 1. The van der Waals surface area contributed by atoms with Crippen LogP contribution in [0.4, 0.5) is 5.69 Å². The standard InChI is InChI=1S/C26H29ClN6O5/c1-3-37-22-14-17(6-9-21(22)38-13-12-36-2)23(31-18-7-4-16(5-8-18)24(28)29)26(35)33-32-25(34)19-10-11-30-15-20(19)27/h4-11,14-15,23,31H,3,12-13H2,1-2H3,(H3,28,29)(H,32,34)(H,33,35). The number of rotatable bonds is 12. The zero-order valence-electron chi connectivity index (χ0n) is 20.9. The van der Waals surface area contributed by atoms with Gasteiger partial charge in [-0.3, -0.25) is 30.8 Å². The molecule has 1 unspecified atom stereocenters. The predicted octanol–water partition coefficient (Wildman–Crippen LogP) is 3.06. The topological polar surface area (TPSA) is 161 Å². The molecular weight excluding hydrogens is 512 g/mol. The quantitative estimate of drug-likeness (QED) is 0.101. The maximum absolute atomic E-state index is 13.3. The summed E-state index contributed by atoms with van der Waals surface area (Å²) < 4.78 is 16.5. The van der Waals surface area contributed by atoms with E-state index in [0.717, 1.165) is 0 Å². The largest absolute Gasteiger partial charge is 0.490 e. The molecule has 0 aliphatic rings. The summed E-state index contributed by atoms with van der Waals surface area (Å²) >= 11 is 6.04. The Hall–Kier alpha value is -4.35. The Kier molecular flexibility index (Phi) is 10.3. The molecule has 200 valence electrons. The lowest BCUT2D eigenvalue weighted by molar-refractivity contribution is -0.122. The lowest BCUT2D eigenvalue weighted by Crippen LogP contribution is -2.45. The minimum absolute atomic E-state index is 0.0752. The predicted molar refractivity (Wildman–Crippen MR) is 144 cm³/mol. The Bertz CT molecular complexity index is 1270. The molecule has 0 spiro atoms. The Morgan fingerprint density at radius 1 is 1.05 bits per heavy atom. The number of methoxy groups -OCH3 is 1. The fourth-order valence-corrected chi connectivity index (χ4v) is 3.56. The Balaban J connectivity index is 1.87. The van der Waals surface area contributed by atoms with Gasteiger partial charge in [-0.05, 0) is 55.0 Å². The third-order valence-electron chi connectivity index (χ3n) is 5.23. The first-order chi connectivity index (χ1) is 18.3. The molecule has 0 saturated carbocycles. The molecule has 6 N–H and O–H groups in total. The van der Waals surface area contributed by atoms with Crippen molar-refractivity contribution in [2.24, 2.45) is 5.73 Å². The van der Waals surface area contributed by atoms with Gasteiger partial charge in [0.2, 0.25) is 0 Å². The van der Waals surface area contributed by atoms with E-state index in [1.165, 1.54) is 18.5 Å². The molecule has 2 aromatic carbocycles. The summed E-state index contributed by atoms with van der Waals surface area (Å²) in [4.78, 5) is 29.7. The van der Waals surface area contributed by atoms with Crippen molar-refractivity contribution < 1.29 is 23.8 Å². The van der Waals surface area contributed by atoms with Gasteiger partial charge in [0.05, 0.1) is 23.8 Å². The van der Waals surface area contributed by atoms with Gasteiger partial charge in [-0.15, -0.1) is 0 Å². The maximum Gasteiger partial charge on any atom is 0.271 e. The normalized spacial score (nSPS) is 11.2. The average molecular weight is 541 g/mol. The number of hydrogen-bond donors (Lipinski definition) is 5. The summed E-state index contributed by atoms with van der Waals surface area (Å²) in [6.07, 6.45) is 2.75. The number of nitrogens with zero attached hydrogens (tertiary/aromatic N) is 1. The number of nitrogen functional groups attached to an aromatic ring is 1. The first-order valence-corrected chi connectivity index (χ1v) is 12.0. The van der Waals surface area contributed by atoms with E-state index in [1.807, 2.05) is 6.92 Å². The molecule has 3 rings (SSSR count). The molecule has 1 heterocycles. The highest BCUT2D eigenvalue weighted by molar-refractivity contribution is 6.33. The van der Waals surface area contributed by atoms with Crippen molar-refractivity contribution >= 4 is 34.9 Å². The fourth-order valence-electron chi connectivity index (χ4n) is 3.36. The lowest BCUT2D eigenvalue weighted by atomic mass is 10.0. The smallest absolute Gasteiger partial charge is 0.271 e. The first kappa shape index (κ1) is 28.2. The van der Waals surface area contributed by atoms with Gasteiger partial charge in [-0.1, -0.05) is 17.7 Å². The van der Waals surface area contributed by atoms with Crippen molar-refractivity contribution in [1.82, 2.24) is 15.8 Å². The van der Waals surface area contributed by atoms with E-state index in [1.54, 1.807) is 49.6 Å². The van der Waals surface area contributed by atoms with Gasteiger partial charge in [-0.2, -0.15) is 0 Å². The fraction of sp³-hybridized carbons (Fsp3) is 0.231. The van der Waals surface area contributed by atoms with Crippen LogP contribution < -0.4 is 31.4 Å². The lowest BCUT2D eigenvalue weighted by Gasteiger charge is -2.22. The second kappa shape index (κ2) is 13.8. The van der Waals surface area contributed by atoms with Gasteiger partial charge in [0.15, 0.2) is 11.5 Å². The Morgan fingerprint density at radius 3 is 2.47 bits per heavy atom. The summed E-state index contributed by atoms with van der Waals surface area (Å²) in [5, 5.41) is 10.9. The number of hydrazine groups is 1. The number of benzene rings is 2. The molecule has 0 bridgehead atoms. The summed E-state index contributed by atoms with van der Waals surface area (Å²) in [6, 6.07) is 12.3. The van der Waals surface area contributed by atoms with Crippen molar-refractivity contribution in [3.8, 4) is 11.5 Å². The molecular formula is C26H29ClN6O5. The van der Waals surface area contributed by atoms with Gasteiger partial charge in [0, 0.05) is 30.8 Å². The van der Waals surface area contributed by atoms with Crippen molar-refractivity contribution in [3.05, 3.63) is 82.6 Å². The highest BCUT2D eigenvalue weighted by atomic mass is 35.5. The summed E-state index contributed by atoms with van der Waals surface area (Å²) in [6.45, 7) is 2.94. The summed E-state index contributed by atoms with van der Waals surface area (Å²) in [5.41, 5.74) is 12.2. The number of aromatic nitrogens is 1. The number of carbonyl (C=O) groups is 2. The minimum atomic E-state index is -0.960. The van der Waals surface area contributed by atoms with Crippen molar-refractivity contribution in [2.45, 2.75) is 13.0 Å². The summed E-state index contributed by atoms with van der Waals surface area (Å²) in [7, 11) is 1.58. The molecule has 0 saturated heterocycles. The maximum atomic E-state index is 13.3. The zero-order chi connectivity index (χ0) is 27.5. The van der Waals surface area contributed by atoms with Gasteiger partial charge in [-0.25, -0.2) is 0 Å². The second-order valence-corrected chi connectivity index (χ2v) is 8.25. The number of ether oxygens (including phenoxy) is 3. The molecule has 0 aliphatic heterocycles. The number of carbonyl (C=O) groups excluding carboxylic acids is 2. The van der Waals surface area contributed by atoms with Crippen LogP contribution in [-0.2, 0) is 9.53 Å². The van der Waals surface area contributed by atoms with Crippen LogP contribution in [0.1, 0.15) is 34.5 Å². The van der Waals surface area contributed by atoms with E-state index in [2.05, 4.69) is 21.2 Å². The van der Waals surface area contributed by atoms with E-state index in [9.17, 15) is 9.59 Å². The second-order valence-electron chi connectivity index (χ2n) is 7.85.